The van der Waals surface area contributed by atoms with Crippen LogP contribution in [0.3, 0.4) is 0 Å². The molecule has 168 valence electrons. The average Bonchev–Trinajstić information content (AvgIpc) is 3.35. The molecule has 0 unspecified atom stereocenters. The Bertz CT molecular complexity index is 1090. The van der Waals surface area contributed by atoms with Gasteiger partial charge in [0, 0.05) is 41.5 Å². The topological polar surface area (TPSA) is 106 Å². The lowest BCUT2D eigenvalue weighted by molar-refractivity contribution is -0.131. The molecular formula is C24H26ClN3O4. The van der Waals surface area contributed by atoms with E-state index in [1.807, 2.05) is 36.4 Å². The van der Waals surface area contributed by atoms with Crippen molar-refractivity contribution in [3.8, 4) is 0 Å². The number of likely N-dealkylation sites (tertiary alicyclic amines) is 1. The van der Waals surface area contributed by atoms with Crippen molar-refractivity contribution >= 4 is 34.3 Å². The zero-order valence-electron chi connectivity index (χ0n) is 17.5. The Balaban J connectivity index is 1.46. The zero-order chi connectivity index (χ0) is 22.7. The number of carbonyl (C=O) groups is 2. The number of amides is 2. The highest BCUT2D eigenvalue weighted by molar-refractivity contribution is 6.31. The van der Waals surface area contributed by atoms with Gasteiger partial charge in [-0.2, -0.15) is 0 Å². The molecule has 3 atom stereocenters. The average molecular weight is 456 g/mol. The Kier molecular flexibility index (Phi) is 6.79. The highest BCUT2D eigenvalue weighted by Crippen LogP contribution is 2.21. The van der Waals surface area contributed by atoms with Crippen LogP contribution in [0.5, 0.6) is 0 Å². The second-order valence-corrected chi connectivity index (χ2v) is 8.68. The Morgan fingerprint density at radius 3 is 2.53 bits per heavy atom. The van der Waals surface area contributed by atoms with Gasteiger partial charge in [0.15, 0.2) is 0 Å². The minimum Gasteiger partial charge on any atom is -0.388 e. The number of carbonyl (C=O) groups excluding carboxylic acids is 2. The van der Waals surface area contributed by atoms with Crippen molar-refractivity contribution in [2.45, 2.75) is 37.5 Å². The summed E-state index contributed by atoms with van der Waals surface area (Å²) in [5, 5.41) is 23.9. The van der Waals surface area contributed by atoms with Crippen molar-refractivity contribution in [3.63, 3.8) is 0 Å². The van der Waals surface area contributed by atoms with Crippen LogP contribution >= 0.6 is 11.6 Å². The number of fused-ring (bicyclic) bond motifs is 1. The summed E-state index contributed by atoms with van der Waals surface area (Å²) >= 11 is 6.04. The van der Waals surface area contributed by atoms with E-state index >= 15 is 0 Å². The standard InChI is InChI=1S/C24H26ClN3O4/c25-17-7-9-19-16(10-17)11-20(27-19)24(32)26-18(8-6-15-4-2-1-3-5-15)12-23(31)28-13-21(29)22(30)14-28/h1-5,7,9-11,18,21-22,27,29-30H,6,8,12-14H2,(H,26,32)/t18-,21-,22+/m0/s1. The van der Waals surface area contributed by atoms with Crippen molar-refractivity contribution in [1.29, 1.82) is 0 Å². The Labute approximate surface area is 191 Å². The lowest BCUT2D eigenvalue weighted by Gasteiger charge is -2.22. The summed E-state index contributed by atoms with van der Waals surface area (Å²) in [6.07, 6.45) is -0.507. The lowest BCUT2D eigenvalue weighted by Crippen LogP contribution is -2.41. The van der Waals surface area contributed by atoms with Crippen molar-refractivity contribution in [3.05, 3.63) is 70.9 Å². The van der Waals surface area contributed by atoms with Gasteiger partial charge in [-0.3, -0.25) is 9.59 Å². The van der Waals surface area contributed by atoms with Gasteiger partial charge in [-0.15, -0.1) is 0 Å². The predicted octanol–water partition coefficient (Wildman–Crippen LogP) is 2.51. The van der Waals surface area contributed by atoms with Gasteiger partial charge < -0.3 is 25.4 Å². The van der Waals surface area contributed by atoms with Gasteiger partial charge in [0.25, 0.3) is 5.91 Å². The van der Waals surface area contributed by atoms with Gasteiger partial charge in [0.05, 0.1) is 12.2 Å². The number of aliphatic hydroxyl groups is 2. The first-order valence-electron chi connectivity index (χ1n) is 10.7. The molecule has 1 aromatic heterocycles. The number of nitrogens with one attached hydrogen (secondary N) is 2. The molecule has 1 aliphatic heterocycles. The molecule has 0 spiro atoms. The number of aliphatic hydroxyl groups excluding tert-OH is 2. The summed E-state index contributed by atoms with van der Waals surface area (Å²) in [7, 11) is 0. The summed E-state index contributed by atoms with van der Waals surface area (Å²) in [4.78, 5) is 30.3. The molecule has 2 aromatic carbocycles. The van der Waals surface area contributed by atoms with Gasteiger partial charge >= 0.3 is 0 Å². The molecule has 1 aliphatic rings. The molecule has 2 amide bonds. The fraction of sp³-hybridized carbons (Fsp3) is 0.333. The maximum Gasteiger partial charge on any atom is 0.267 e. The third-order valence-corrected chi connectivity index (χ3v) is 6.05. The maximum absolute atomic E-state index is 12.9. The molecule has 4 N–H and O–H groups in total. The van der Waals surface area contributed by atoms with E-state index in [0.717, 1.165) is 16.5 Å². The summed E-state index contributed by atoms with van der Waals surface area (Å²) < 4.78 is 0. The number of aromatic nitrogens is 1. The molecule has 32 heavy (non-hydrogen) atoms. The van der Waals surface area contributed by atoms with E-state index < -0.39 is 18.2 Å². The highest BCUT2D eigenvalue weighted by atomic mass is 35.5. The molecule has 3 aromatic rings. The number of hydrogen-bond acceptors (Lipinski definition) is 4. The van der Waals surface area contributed by atoms with Crippen LogP contribution in [-0.2, 0) is 11.2 Å². The monoisotopic (exact) mass is 455 g/mol. The van der Waals surface area contributed by atoms with Crippen LogP contribution in [0.25, 0.3) is 10.9 Å². The van der Waals surface area contributed by atoms with Crippen LogP contribution in [-0.4, -0.2) is 63.3 Å². The van der Waals surface area contributed by atoms with E-state index in [2.05, 4.69) is 10.3 Å². The molecule has 2 heterocycles. The number of aryl methyl sites for hydroxylation is 1. The second kappa shape index (κ2) is 9.73. The van der Waals surface area contributed by atoms with Gasteiger partial charge in [-0.05, 0) is 42.7 Å². The normalized spacial score (nSPS) is 19.3. The molecule has 0 saturated carbocycles. The molecule has 8 heteroatoms. The van der Waals surface area contributed by atoms with Gasteiger partial charge in [0.2, 0.25) is 5.91 Å². The van der Waals surface area contributed by atoms with Crippen molar-refractivity contribution in [1.82, 2.24) is 15.2 Å². The molecule has 1 fully saturated rings. The van der Waals surface area contributed by atoms with Crippen LogP contribution in [0.1, 0.15) is 28.9 Å². The summed E-state index contributed by atoms with van der Waals surface area (Å²) in [5.74, 6) is -0.507. The molecular weight excluding hydrogens is 430 g/mol. The first kappa shape index (κ1) is 22.3. The summed E-state index contributed by atoms with van der Waals surface area (Å²) in [5.41, 5.74) is 2.31. The van der Waals surface area contributed by atoms with Gasteiger partial charge in [-0.1, -0.05) is 41.9 Å². The lowest BCUT2D eigenvalue weighted by atomic mass is 10.0. The Morgan fingerprint density at radius 2 is 1.81 bits per heavy atom. The van der Waals surface area contributed by atoms with Crippen molar-refractivity contribution < 1.29 is 19.8 Å². The van der Waals surface area contributed by atoms with Crippen LogP contribution in [0, 0.1) is 0 Å². The van der Waals surface area contributed by atoms with Crippen molar-refractivity contribution in [2.75, 3.05) is 13.1 Å². The van der Waals surface area contributed by atoms with Gasteiger partial charge in [-0.25, -0.2) is 0 Å². The molecule has 0 bridgehead atoms. The van der Waals surface area contributed by atoms with Crippen LogP contribution < -0.4 is 5.32 Å². The molecule has 7 nitrogen and oxygen atoms in total. The number of benzene rings is 2. The van der Waals surface area contributed by atoms with Crippen LogP contribution in [0.2, 0.25) is 5.02 Å². The molecule has 4 rings (SSSR count). The largest absolute Gasteiger partial charge is 0.388 e. The SMILES string of the molecule is O=C(N[C@@H](CCc1ccccc1)CC(=O)N1C[C@@H](O)[C@@H](O)C1)c1cc2cc(Cl)ccc2[nH]1. The summed E-state index contributed by atoms with van der Waals surface area (Å²) in [6, 6.07) is 16.6. The Morgan fingerprint density at radius 1 is 1.09 bits per heavy atom. The fourth-order valence-electron chi connectivity index (χ4n) is 4.01. The van der Waals surface area contributed by atoms with E-state index in [1.54, 1.807) is 18.2 Å². The van der Waals surface area contributed by atoms with Crippen LogP contribution in [0.15, 0.2) is 54.6 Å². The molecule has 0 radical (unpaired) electrons. The number of H-pyrrole nitrogens is 1. The van der Waals surface area contributed by atoms with Crippen LogP contribution in [0.4, 0.5) is 0 Å². The Hall–Kier alpha value is -2.87. The van der Waals surface area contributed by atoms with E-state index in [0.29, 0.717) is 23.6 Å². The third-order valence-electron chi connectivity index (χ3n) is 5.82. The van der Waals surface area contributed by atoms with E-state index in [4.69, 9.17) is 11.6 Å². The smallest absolute Gasteiger partial charge is 0.267 e. The number of hydrogen-bond donors (Lipinski definition) is 4. The number of nitrogens with zero attached hydrogens (tertiary/aromatic N) is 1. The zero-order valence-corrected chi connectivity index (χ0v) is 18.3. The van der Waals surface area contributed by atoms with E-state index in [-0.39, 0.29) is 31.3 Å². The fourth-order valence-corrected chi connectivity index (χ4v) is 4.19. The summed E-state index contributed by atoms with van der Waals surface area (Å²) in [6.45, 7) is 0.199. The third kappa shape index (κ3) is 5.30. The second-order valence-electron chi connectivity index (χ2n) is 8.25. The predicted molar refractivity (Wildman–Crippen MR) is 123 cm³/mol. The molecule has 1 saturated heterocycles. The quantitative estimate of drug-likeness (QED) is 0.439. The van der Waals surface area contributed by atoms with E-state index in [9.17, 15) is 19.8 Å². The minimum absolute atomic E-state index is 0.0874. The van der Waals surface area contributed by atoms with Gasteiger partial charge in [0.1, 0.15) is 5.69 Å². The number of β-amino-alcohol motifs (C(OH)–C–C–N with tert-alkyl or cyclic N) is 2. The highest BCUT2D eigenvalue weighted by Gasteiger charge is 2.33. The van der Waals surface area contributed by atoms with E-state index in [1.165, 1.54) is 4.90 Å². The number of halogens is 1. The first-order chi connectivity index (χ1) is 15.4. The first-order valence-corrected chi connectivity index (χ1v) is 11.0. The van der Waals surface area contributed by atoms with Crippen molar-refractivity contribution in [2.24, 2.45) is 0 Å². The number of aromatic amines is 1. The minimum atomic E-state index is -0.936. The maximum atomic E-state index is 12.9. The number of rotatable bonds is 7. The molecule has 0 aliphatic carbocycles.